The topological polar surface area (TPSA) is 25.8 Å². The Morgan fingerprint density at radius 1 is 1.36 bits per heavy atom. The molecule has 1 aromatic heterocycles. The highest BCUT2D eigenvalue weighted by atomic mass is 79.9. The van der Waals surface area contributed by atoms with E-state index in [2.05, 4.69) is 45.2 Å². The maximum absolute atomic E-state index is 4.17. The van der Waals surface area contributed by atoms with Gasteiger partial charge in [-0.25, -0.2) is 0 Å². The van der Waals surface area contributed by atoms with E-state index in [-0.39, 0.29) is 0 Å². The van der Waals surface area contributed by atoms with Gasteiger partial charge in [0, 0.05) is 22.0 Å². The normalized spacial score (nSPS) is 13.0. The fourth-order valence-corrected chi connectivity index (χ4v) is 1.81. The first-order valence-corrected chi connectivity index (χ1v) is 5.52. The average Bonchev–Trinajstić information content (AvgIpc) is 2.18. The maximum atomic E-state index is 4.17. The van der Waals surface area contributed by atoms with Crippen LogP contribution in [-0.2, 0) is 6.42 Å². The van der Waals surface area contributed by atoms with Gasteiger partial charge in [-0.2, -0.15) is 10.2 Å². The third-order valence-electron chi connectivity index (χ3n) is 2.12. The van der Waals surface area contributed by atoms with Gasteiger partial charge in [0.25, 0.3) is 0 Å². The minimum absolute atomic E-state index is 0.433. The fraction of sp³-hybridized carbons (Fsp3) is 0.273. The molecule has 1 aromatic carbocycles. The van der Waals surface area contributed by atoms with Gasteiger partial charge in [-0.05, 0) is 0 Å². The number of hydrogen-bond donors (Lipinski definition) is 0. The Morgan fingerprint density at radius 2 is 2.14 bits per heavy atom. The van der Waals surface area contributed by atoms with Crippen LogP contribution < -0.4 is 0 Å². The number of alkyl halides is 1. The minimum Gasteiger partial charge on any atom is -0.158 e. The molecular formula is C11H11BrN2. The standard InChI is InChI=1S/C11H11BrN2/c1-8(12)6-11-10-5-3-2-4-9(10)7-13-14-11/h2-5,7-8H,6H2,1H3. The zero-order chi connectivity index (χ0) is 9.97. The van der Waals surface area contributed by atoms with Crippen molar-refractivity contribution in [2.75, 3.05) is 0 Å². The van der Waals surface area contributed by atoms with Crippen molar-refractivity contribution in [2.24, 2.45) is 0 Å². The molecule has 0 radical (unpaired) electrons. The number of halogens is 1. The lowest BCUT2D eigenvalue weighted by Crippen LogP contribution is -2.01. The number of aromatic nitrogens is 2. The van der Waals surface area contributed by atoms with E-state index in [0.717, 1.165) is 17.5 Å². The van der Waals surface area contributed by atoms with E-state index in [1.807, 2.05) is 12.1 Å². The van der Waals surface area contributed by atoms with Crippen molar-refractivity contribution in [1.29, 1.82) is 0 Å². The highest BCUT2D eigenvalue weighted by Crippen LogP contribution is 2.17. The summed E-state index contributed by atoms with van der Waals surface area (Å²) in [6.45, 7) is 2.11. The number of benzene rings is 1. The first-order valence-electron chi connectivity index (χ1n) is 4.61. The summed E-state index contributed by atoms with van der Waals surface area (Å²) >= 11 is 3.53. The van der Waals surface area contributed by atoms with Gasteiger partial charge < -0.3 is 0 Å². The van der Waals surface area contributed by atoms with E-state index in [0.29, 0.717) is 4.83 Å². The molecule has 0 saturated heterocycles. The molecule has 0 N–H and O–H groups in total. The van der Waals surface area contributed by atoms with E-state index < -0.39 is 0 Å². The van der Waals surface area contributed by atoms with Gasteiger partial charge in [0.15, 0.2) is 0 Å². The third-order valence-corrected chi connectivity index (χ3v) is 2.45. The summed E-state index contributed by atoms with van der Waals surface area (Å²) in [5, 5.41) is 10.5. The van der Waals surface area contributed by atoms with Crippen LogP contribution in [0.15, 0.2) is 30.5 Å². The Kier molecular flexibility index (Phi) is 2.77. The molecule has 0 amide bonds. The monoisotopic (exact) mass is 250 g/mol. The number of rotatable bonds is 2. The third kappa shape index (κ3) is 1.93. The predicted octanol–water partition coefficient (Wildman–Crippen LogP) is 2.96. The lowest BCUT2D eigenvalue weighted by molar-refractivity contribution is 0.875. The Morgan fingerprint density at radius 3 is 2.93 bits per heavy atom. The number of hydrogen-bond acceptors (Lipinski definition) is 2. The van der Waals surface area contributed by atoms with E-state index in [9.17, 15) is 0 Å². The zero-order valence-electron chi connectivity index (χ0n) is 7.94. The minimum atomic E-state index is 0.433. The molecule has 0 aliphatic rings. The van der Waals surface area contributed by atoms with Crippen LogP contribution in [0.2, 0.25) is 0 Å². The van der Waals surface area contributed by atoms with Crippen molar-refractivity contribution >= 4 is 26.7 Å². The Labute approximate surface area is 91.5 Å². The van der Waals surface area contributed by atoms with Gasteiger partial charge in [0.1, 0.15) is 0 Å². The van der Waals surface area contributed by atoms with Crippen LogP contribution in [0.5, 0.6) is 0 Å². The molecule has 0 aliphatic carbocycles. The van der Waals surface area contributed by atoms with E-state index in [1.54, 1.807) is 6.20 Å². The van der Waals surface area contributed by atoms with Crippen molar-refractivity contribution in [1.82, 2.24) is 10.2 Å². The van der Waals surface area contributed by atoms with Crippen LogP contribution in [0.4, 0.5) is 0 Å². The summed E-state index contributed by atoms with van der Waals surface area (Å²) in [7, 11) is 0. The molecule has 0 aliphatic heterocycles. The summed E-state index contributed by atoms with van der Waals surface area (Å²) in [4.78, 5) is 0.433. The van der Waals surface area contributed by atoms with Crippen LogP contribution >= 0.6 is 15.9 Å². The Balaban J connectivity index is 2.53. The first-order chi connectivity index (χ1) is 6.77. The zero-order valence-corrected chi connectivity index (χ0v) is 9.53. The molecule has 3 heteroatoms. The SMILES string of the molecule is CC(Br)Cc1nncc2ccccc12. The molecule has 1 heterocycles. The molecule has 0 fully saturated rings. The van der Waals surface area contributed by atoms with Gasteiger partial charge in [0.05, 0.1) is 11.9 Å². The highest BCUT2D eigenvalue weighted by Gasteiger charge is 2.05. The van der Waals surface area contributed by atoms with Crippen molar-refractivity contribution in [2.45, 2.75) is 18.2 Å². The lowest BCUT2D eigenvalue weighted by Gasteiger charge is -2.05. The maximum Gasteiger partial charge on any atom is 0.0720 e. The van der Waals surface area contributed by atoms with Crippen LogP contribution in [0.1, 0.15) is 12.6 Å². The van der Waals surface area contributed by atoms with Crippen molar-refractivity contribution in [3.8, 4) is 0 Å². The summed E-state index contributed by atoms with van der Waals surface area (Å²) in [5.74, 6) is 0. The van der Waals surface area contributed by atoms with E-state index >= 15 is 0 Å². The highest BCUT2D eigenvalue weighted by molar-refractivity contribution is 9.09. The fourth-order valence-electron chi connectivity index (χ4n) is 1.50. The summed E-state index contributed by atoms with van der Waals surface area (Å²) in [6.07, 6.45) is 2.71. The van der Waals surface area contributed by atoms with Gasteiger partial charge in [-0.15, -0.1) is 0 Å². The van der Waals surface area contributed by atoms with E-state index in [1.165, 1.54) is 5.39 Å². The second-order valence-corrected chi connectivity index (χ2v) is 4.93. The number of nitrogens with zero attached hydrogens (tertiary/aromatic N) is 2. The summed E-state index contributed by atoms with van der Waals surface area (Å²) in [5.41, 5.74) is 1.06. The molecule has 1 atom stereocenters. The predicted molar refractivity (Wildman–Crippen MR) is 61.6 cm³/mol. The van der Waals surface area contributed by atoms with Crippen molar-refractivity contribution in [3.05, 3.63) is 36.2 Å². The molecule has 0 spiro atoms. The molecule has 1 unspecified atom stereocenters. The van der Waals surface area contributed by atoms with Gasteiger partial charge in [-0.1, -0.05) is 47.1 Å². The quantitative estimate of drug-likeness (QED) is 0.767. The molecule has 2 nitrogen and oxygen atoms in total. The molecule has 14 heavy (non-hydrogen) atoms. The van der Waals surface area contributed by atoms with Crippen LogP contribution in [0.3, 0.4) is 0 Å². The van der Waals surface area contributed by atoms with Crippen molar-refractivity contribution in [3.63, 3.8) is 0 Å². The average molecular weight is 251 g/mol. The smallest absolute Gasteiger partial charge is 0.0720 e. The first kappa shape index (κ1) is 9.59. The second kappa shape index (κ2) is 4.05. The summed E-state index contributed by atoms with van der Waals surface area (Å²) < 4.78 is 0. The molecular weight excluding hydrogens is 240 g/mol. The lowest BCUT2D eigenvalue weighted by atomic mass is 10.1. The Hall–Kier alpha value is -0.960. The largest absolute Gasteiger partial charge is 0.158 e. The second-order valence-electron chi connectivity index (χ2n) is 3.36. The molecule has 72 valence electrons. The van der Waals surface area contributed by atoms with Gasteiger partial charge >= 0.3 is 0 Å². The molecule has 2 rings (SSSR count). The van der Waals surface area contributed by atoms with Crippen molar-refractivity contribution < 1.29 is 0 Å². The van der Waals surface area contributed by atoms with Crippen LogP contribution in [0, 0.1) is 0 Å². The van der Waals surface area contributed by atoms with Gasteiger partial charge in [-0.3, -0.25) is 0 Å². The number of fused-ring (bicyclic) bond motifs is 1. The van der Waals surface area contributed by atoms with E-state index in [4.69, 9.17) is 0 Å². The Bertz CT molecular complexity index is 435. The summed E-state index contributed by atoms with van der Waals surface area (Å²) in [6, 6.07) is 8.21. The molecule has 2 aromatic rings. The van der Waals surface area contributed by atoms with Gasteiger partial charge in [0.2, 0.25) is 0 Å². The van der Waals surface area contributed by atoms with Crippen LogP contribution in [-0.4, -0.2) is 15.0 Å². The molecule has 0 saturated carbocycles. The molecule has 0 bridgehead atoms. The van der Waals surface area contributed by atoms with Crippen LogP contribution in [0.25, 0.3) is 10.8 Å².